The summed E-state index contributed by atoms with van der Waals surface area (Å²) in [6.45, 7) is 5.06. The Hall–Kier alpha value is -2.31. The molecule has 0 saturated carbocycles. The van der Waals surface area contributed by atoms with Crippen molar-refractivity contribution in [2.24, 2.45) is 0 Å². The molecular weight excluding hydrogens is 383 g/mol. The minimum atomic E-state index is -0.583. The number of amides is 1. The van der Waals surface area contributed by atoms with Crippen LogP contribution < -0.4 is 9.47 Å². The fourth-order valence-electron chi connectivity index (χ4n) is 3.24. The van der Waals surface area contributed by atoms with Gasteiger partial charge in [0, 0.05) is 37.7 Å². The van der Waals surface area contributed by atoms with Crippen LogP contribution in [0.25, 0.3) is 0 Å². The predicted octanol–water partition coefficient (Wildman–Crippen LogP) is 3.60. The first-order valence-corrected chi connectivity index (χ1v) is 9.60. The Balaban J connectivity index is 1.50. The Kier molecular flexibility index (Phi) is 6.75. The van der Waals surface area contributed by atoms with Crippen LogP contribution in [0.15, 0.2) is 42.5 Å². The number of hydrogen-bond donors (Lipinski definition) is 0. The summed E-state index contributed by atoms with van der Waals surface area (Å²) in [5.41, 5.74) is 0.885. The molecule has 1 atom stereocenters. The lowest BCUT2D eigenvalue weighted by Crippen LogP contribution is -2.51. The molecule has 1 unspecified atom stereocenters. The van der Waals surface area contributed by atoms with Crippen molar-refractivity contribution in [3.63, 3.8) is 0 Å². The van der Waals surface area contributed by atoms with Crippen LogP contribution in [0.5, 0.6) is 11.5 Å². The fraction of sp³-hybridized carbons (Fsp3) is 0.381. The lowest BCUT2D eigenvalue weighted by atomic mass is 10.1. The first-order chi connectivity index (χ1) is 13.5. The summed E-state index contributed by atoms with van der Waals surface area (Å²) >= 11 is 5.95. The van der Waals surface area contributed by atoms with Crippen LogP contribution in [-0.2, 0) is 11.3 Å². The zero-order chi connectivity index (χ0) is 20.1. The number of halogens is 2. The van der Waals surface area contributed by atoms with Crippen molar-refractivity contribution in [3.8, 4) is 11.5 Å². The summed E-state index contributed by atoms with van der Waals surface area (Å²) in [5.74, 6) is 0.414. The van der Waals surface area contributed by atoms with Gasteiger partial charge in [0.05, 0.1) is 7.11 Å². The minimum Gasteiger partial charge on any atom is -0.494 e. The van der Waals surface area contributed by atoms with Crippen molar-refractivity contribution >= 4 is 17.5 Å². The van der Waals surface area contributed by atoms with Gasteiger partial charge in [0.15, 0.2) is 17.7 Å². The Labute approximate surface area is 169 Å². The van der Waals surface area contributed by atoms with Crippen molar-refractivity contribution in [1.82, 2.24) is 9.80 Å². The molecule has 0 bridgehead atoms. The van der Waals surface area contributed by atoms with E-state index in [1.54, 1.807) is 42.2 Å². The van der Waals surface area contributed by atoms with Gasteiger partial charge in [-0.15, -0.1) is 0 Å². The number of carbonyl (C=O) groups excluding carboxylic acids is 1. The molecule has 1 fully saturated rings. The normalized spacial score (nSPS) is 15.9. The largest absolute Gasteiger partial charge is 0.494 e. The molecule has 150 valence electrons. The minimum absolute atomic E-state index is 0.0462. The van der Waals surface area contributed by atoms with E-state index in [2.05, 4.69) is 4.90 Å². The van der Waals surface area contributed by atoms with Crippen LogP contribution >= 0.6 is 11.6 Å². The molecule has 0 spiro atoms. The second kappa shape index (κ2) is 9.26. The molecule has 1 aliphatic heterocycles. The molecule has 2 aromatic carbocycles. The Morgan fingerprint density at radius 3 is 2.57 bits per heavy atom. The quantitative estimate of drug-likeness (QED) is 0.735. The third kappa shape index (κ3) is 5.14. The predicted molar refractivity (Wildman–Crippen MR) is 106 cm³/mol. The number of piperazine rings is 1. The molecule has 2 aromatic rings. The number of rotatable bonds is 6. The van der Waals surface area contributed by atoms with Crippen LogP contribution in [0.1, 0.15) is 12.5 Å². The molecule has 0 aromatic heterocycles. The van der Waals surface area contributed by atoms with E-state index in [1.807, 2.05) is 6.07 Å². The average Bonchev–Trinajstić information content (AvgIpc) is 2.68. The van der Waals surface area contributed by atoms with Crippen LogP contribution in [0.3, 0.4) is 0 Å². The van der Waals surface area contributed by atoms with Crippen molar-refractivity contribution in [3.05, 3.63) is 58.9 Å². The molecule has 0 radical (unpaired) electrons. The second-order valence-corrected chi connectivity index (χ2v) is 7.22. The van der Waals surface area contributed by atoms with Crippen LogP contribution in [0.2, 0.25) is 5.02 Å². The van der Waals surface area contributed by atoms with Gasteiger partial charge < -0.3 is 14.4 Å². The summed E-state index contributed by atoms with van der Waals surface area (Å²) in [4.78, 5) is 16.7. The lowest BCUT2D eigenvalue weighted by molar-refractivity contribution is -0.139. The first-order valence-electron chi connectivity index (χ1n) is 9.22. The number of carbonyl (C=O) groups is 1. The van der Waals surface area contributed by atoms with E-state index in [9.17, 15) is 9.18 Å². The van der Waals surface area contributed by atoms with Crippen LogP contribution in [0, 0.1) is 5.82 Å². The van der Waals surface area contributed by atoms with Gasteiger partial charge in [-0.3, -0.25) is 9.69 Å². The fourth-order valence-corrected chi connectivity index (χ4v) is 3.43. The highest BCUT2D eigenvalue weighted by Crippen LogP contribution is 2.21. The number of ether oxygens (including phenoxy) is 2. The first kappa shape index (κ1) is 20.4. The Bertz CT molecular complexity index is 825. The Morgan fingerprint density at radius 2 is 1.93 bits per heavy atom. The number of nitrogens with zero attached hydrogens (tertiary/aromatic N) is 2. The molecular formula is C21H24ClFN2O3. The van der Waals surface area contributed by atoms with E-state index in [0.717, 1.165) is 18.7 Å². The maximum Gasteiger partial charge on any atom is 0.263 e. The summed E-state index contributed by atoms with van der Waals surface area (Å²) in [6.07, 6.45) is -0.583. The maximum absolute atomic E-state index is 13.8. The van der Waals surface area contributed by atoms with Crippen molar-refractivity contribution in [2.75, 3.05) is 33.3 Å². The van der Waals surface area contributed by atoms with Crippen LogP contribution in [0.4, 0.5) is 4.39 Å². The van der Waals surface area contributed by atoms with Gasteiger partial charge in [-0.1, -0.05) is 23.7 Å². The zero-order valence-corrected chi connectivity index (χ0v) is 16.8. The highest BCUT2D eigenvalue weighted by atomic mass is 35.5. The molecule has 7 heteroatoms. The van der Waals surface area contributed by atoms with Gasteiger partial charge in [-0.25, -0.2) is 4.39 Å². The van der Waals surface area contributed by atoms with E-state index in [0.29, 0.717) is 30.4 Å². The highest BCUT2D eigenvalue weighted by Gasteiger charge is 2.26. The molecule has 1 saturated heterocycles. The average molecular weight is 407 g/mol. The third-order valence-electron chi connectivity index (χ3n) is 4.76. The molecule has 1 amide bonds. The van der Waals surface area contributed by atoms with Gasteiger partial charge >= 0.3 is 0 Å². The number of methoxy groups -OCH3 is 1. The van der Waals surface area contributed by atoms with Gasteiger partial charge in [-0.05, 0) is 42.8 Å². The summed E-state index contributed by atoms with van der Waals surface area (Å²) in [7, 11) is 1.45. The van der Waals surface area contributed by atoms with Gasteiger partial charge in [0.1, 0.15) is 5.75 Å². The van der Waals surface area contributed by atoms with E-state index in [1.165, 1.54) is 13.2 Å². The van der Waals surface area contributed by atoms with Gasteiger partial charge in [-0.2, -0.15) is 0 Å². The van der Waals surface area contributed by atoms with E-state index < -0.39 is 6.10 Å². The monoisotopic (exact) mass is 406 g/mol. The van der Waals surface area contributed by atoms with E-state index in [4.69, 9.17) is 21.1 Å². The Morgan fingerprint density at radius 1 is 1.18 bits per heavy atom. The van der Waals surface area contributed by atoms with E-state index >= 15 is 0 Å². The smallest absolute Gasteiger partial charge is 0.263 e. The highest BCUT2D eigenvalue weighted by molar-refractivity contribution is 6.30. The zero-order valence-electron chi connectivity index (χ0n) is 16.0. The molecule has 28 heavy (non-hydrogen) atoms. The summed E-state index contributed by atoms with van der Waals surface area (Å²) < 4.78 is 24.5. The molecule has 1 aliphatic rings. The number of benzene rings is 2. The summed E-state index contributed by atoms with van der Waals surface area (Å²) in [6, 6.07) is 12.0. The maximum atomic E-state index is 13.8. The van der Waals surface area contributed by atoms with Gasteiger partial charge in [0.2, 0.25) is 0 Å². The summed E-state index contributed by atoms with van der Waals surface area (Å²) in [5, 5.41) is 0.570. The standard InChI is InChI=1S/C21H24ClFN2O3/c1-15(28-18-5-3-4-17(22)13-18)21(26)25-10-8-24(9-11-25)14-16-6-7-20(27-2)19(23)12-16/h3-7,12-13,15H,8-11,14H2,1-2H3. The SMILES string of the molecule is COc1ccc(CN2CCN(C(=O)C(C)Oc3cccc(Cl)c3)CC2)cc1F. The van der Waals surface area contributed by atoms with E-state index in [-0.39, 0.29) is 17.5 Å². The van der Waals surface area contributed by atoms with Crippen molar-refractivity contribution in [2.45, 2.75) is 19.6 Å². The molecule has 0 N–H and O–H groups in total. The van der Waals surface area contributed by atoms with Crippen molar-refractivity contribution in [1.29, 1.82) is 0 Å². The molecule has 5 nitrogen and oxygen atoms in total. The third-order valence-corrected chi connectivity index (χ3v) is 5.00. The second-order valence-electron chi connectivity index (χ2n) is 6.79. The number of hydrogen-bond acceptors (Lipinski definition) is 4. The van der Waals surface area contributed by atoms with Crippen LogP contribution in [-0.4, -0.2) is 55.1 Å². The topological polar surface area (TPSA) is 42.0 Å². The molecule has 1 heterocycles. The molecule has 0 aliphatic carbocycles. The lowest BCUT2D eigenvalue weighted by Gasteiger charge is -2.36. The molecule has 3 rings (SSSR count). The van der Waals surface area contributed by atoms with Crippen molar-refractivity contribution < 1.29 is 18.7 Å². The van der Waals surface area contributed by atoms with Gasteiger partial charge in [0.25, 0.3) is 5.91 Å².